The molecule has 0 N–H and O–H groups in total. The van der Waals surface area contributed by atoms with E-state index in [2.05, 4.69) is 28.3 Å². The number of rotatable bonds is 4. The molecule has 6 nitrogen and oxygen atoms in total. The minimum absolute atomic E-state index is 0.129. The van der Waals surface area contributed by atoms with Gasteiger partial charge in [-0.05, 0) is 61.8 Å². The zero-order valence-corrected chi connectivity index (χ0v) is 17.9. The van der Waals surface area contributed by atoms with Gasteiger partial charge in [0.1, 0.15) is 4.83 Å². The van der Waals surface area contributed by atoms with E-state index in [0.29, 0.717) is 12.0 Å². The largest absolute Gasteiger partial charge is 0.338 e. The number of nitrogens with zero attached hydrogens (tertiary/aromatic N) is 5. The van der Waals surface area contributed by atoms with E-state index in [-0.39, 0.29) is 5.91 Å². The average molecular weight is 418 g/mol. The van der Waals surface area contributed by atoms with Gasteiger partial charge in [0.05, 0.1) is 10.6 Å². The lowest BCUT2D eigenvalue weighted by molar-refractivity contribution is 0.0657. The zero-order valence-electron chi connectivity index (χ0n) is 17.1. The number of amides is 1. The van der Waals surface area contributed by atoms with E-state index in [1.807, 2.05) is 31.4 Å². The van der Waals surface area contributed by atoms with E-state index in [1.54, 1.807) is 4.68 Å². The summed E-state index contributed by atoms with van der Waals surface area (Å²) in [6.45, 7) is 0. The van der Waals surface area contributed by atoms with Crippen molar-refractivity contribution in [1.82, 2.24) is 24.6 Å². The van der Waals surface area contributed by atoms with Crippen LogP contribution in [0.5, 0.6) is 0 Å². The summed E-state index contributed by atoms with van der Waals surface area (Å²) in [5.74, 6) is 0.704. The highest BCUT2D eigenvalue weighted by molar-refractivity contribution is 7.20. The topological polar surface area (TPSA) is 63.9 Å². The van der Waals surface area contributed by atoms with E-state index in [1.165, 1.54) is 36.2 Å². The Labute approximate surface area is 178 Å². The summed E-state index contributed by atoms with van der Waals surface area (Å²) in [7, 11) is 3.84. The Hall–Kier alpha value is -2.80. The van der Waals surface area contributed by atoms with Crippen LogP contribution in [-0.2, 0) is 7.05 Å². The lowest BCUT2D eigenvalue weighted by Gasteiger charge is -2.34. The molecule has 2 fully saturated rings. The lowest BCUT2D eigenvalue weighted by Crippen LogP contribution is -2.40. The van der Waals surface area contributed by atoms with Crippen LogP contribution in [0.2, 0.25) is 0 Å². The number of carbonyl (C=O) groups excluding carboxylic acids is 1. The molecule has 2 aliphatic carbocycles. The predicted molar refractivity (Wildman–Crippen MR) is 119 cm³/mol. The van der Waals surface area contributed by atoms with Crippen molar-refractivity contribution in [2.24, 2.45) is 7.05 Å². The van der Waals surface area contributed by atoms with Crippen molar-refractivity contribution < 1.29 is 4.79 Å². The van der Waals surface area contributed by atoms with E-state index in [0.717, 1.165) is 50.2 Å². The molecule has 30 heavy (non-hydrogen) atoms. The molecule has 6 rings (SSSR count). The van der Waals surface area contributed by atoms with E-state index in [4.69, 9.17) is 4.98 Å². The number of fused-ring (bicyclic) bond motifs is 2. The van der Waals surface area contributed by atoms with Crippen LogP contribution in [0.15, 0.2) is 30.6 Å². The standard InChI is InChI=1S/C23H23N5OS/c1-27-12-15-8-14(11-24-21(15)26-27)19-9-17(13-6-7-13)18-10-20(30-22(18)25-19)23(29)28(2)16-4-3-5-16/h8-13,16H,3-7H2,1-2H3. The van der Waals surface area contributed by atoms with Gasteiger partial charge in [-0.25, -0.2) is 9.97 Å². The molecule has 2 aliphatic rings. The number of aryl methyl sites for hydroxylation is 1. The third-order valence-electron chi connectivity index (χ3n) is 6.48. The molecule has 0 radical (unpaired) electrons. The molecule has 1 amide bonds. The zero-order chi connectivity index (χ0) is 20.4. The van der Waals surface area contributed by atoms with Crippen LogP contribution >= 0.6 is 11.3 Å². The third-order valence-corrected chi connectivity index (χ3v) is 7.49. The molecule has 0 saturated heterocycles. The summed E-state index contributed by atoms with van der Waals surface area (Å²) in [5, 5.41) is 6.52. The second-order valence-corrected chi connectivity index (χ2v) is 9.67. The molecule has 0 bridgehead atoms. The maximum atomic E-state index is 13.0. The van der Waals surface area contributed by atoms with Crippen LogP contribution in [0.4, 0.5) is 0 Å². The van der Waals surface area contributed by atoms with Gasteiger partial charge in [-0.3, -0.25) is 9.48 Å². The van der Waals surface area contributed by atoms with Gasteiger partial charge in [-0.1, -0.05) is 0 Å². The summed E-state index contributed by atoms with van der Waals surface area (Å²) < 4.78 is 1.78. The molecule has 7 heteroatoms. The fourth-order valence-corrected chi connectivity index (χ4v) is 5.36. The molecule has 4 aromatic rings. The Morgan fingerprint density at radius 1 is 1.20 bits per heavy atom. The van der Waals surface area contributed by atoms with Crippen LogP contribution in [0.1, 0.15) is 53.3 Å². The van der Waals surface area contributed by atoms with Gasteiger partial charge in [0, 0.05) is 48.9 Å². The van der Waals surface area contributed by atoms with Crippen LogP contribution < -0.4 is 0 Å². The second-order valence-electron chi connectivity index (χ2n) is 8.64. The smallest absolute Gasteiger partial charge is 0.264 e. The summed E-state index contributed by atoms with van der Waals surface area (Å²) in [5.41, 5.74) is 3.98. The first-order chi connectivity index (χ1) is 14.6. The maximum Gasteiger partial charge on any atom is 0.264 e. The first-order valence-electron chi connectivity index (χ1n) is 10.6. The summed E-state index contributed by atoms with van der Waals surface area (Å²) >= 11 is 1.52. The van der Waals surface area contributed by atoms with Crippen molar-refractivity contribution in [2.75, 3.05) is 7.05 Å². The second kappa shape index (κ2) is 6.60. The molecular formula is C23H23N5OS. The van der Waals surface area contributed by atoms with Crippen LogP contribution in [-0.4, -0.2) is 43.6 Å². The Kier molecular flexibility index (Phi) is 3.96. The number of hydrogen-bond acceptors (Lipinski definition) is 5. The van der Waals surface area contributed by atoms with Crippen molar-refractivity contribution in [2.45, 2.75) is 44.1 Å². The fourth-order valence-electron chi connectivity index (χ4n) is 4.31. The van der Waals surface area contributed by atoms with Crippen molar-refractivity contribution in [3.63, 3.8) is 0 Å². The molecule has 0 atom stereocenters. The van der Waals surface area contributed by atoms with Crippen LogP contribution in [0.25, 0.3) is 32.5 Å². The highest BCUT2D eigenvalue weighted by Gasteiger charge is 2.30. The SMILES string of the molecule is CN(C(=O)c1cc2c(C3CC3)cc(-c3cnc4nn(C)cc4c3)nc2s1)C1CCC1. The van der Waals surface area contributed by atoms with Gasteiger partial charge < -0.3 is 4.90 Å². The first-order valence-corrected chi connectivity index (χ1v) is 11.4. The van der Waals surface area contributed by atoms with Gasteiger partial charge >= 0.3 is 0 Å². The molecule has 4 heterocycles. The Bertz CT molecular complexity index is 1300. The molecule has 152 valence electrons. The minimum atomic E-state index is 0.129. The number of pyridine rings is 2. The number of thiophene rings is 1. The van der Waals surface area contributed by atoms with Crippen LogP contribution in [0.3, 0.4) is 0 Å². The van der Waals surface area contributed by atoms with Crippen LogP contribution in [0, 0.1) is 0 Å². The molecule has 0 aromatic carbocycles. The fraction of sp³-hybridized carbons (Fsp3) is 0.391. The monoisotopic (exact) mass is 417 g/mol. The van der Waals surface area contributed by atoms with E-state index >= 15 is 0 Å². The summed E-state index contributed by atoms with van der Waals surface area (Å²) in [6, 6.07) is 6.77. The van der Waals surface area contributed by atoms with Crippen molar-refractivity contribution >= 4 is 38.5 Å². The minimum Gasteiger partial charge on any atom is -0.338 e. The van der Waals surface area contributed by atoms with Gasteiger partial charge in [0.15, 0.2) is 5.65 Å². The highest BCUT2D eigenvalue weighted by Crippen LogP contribution is 2.45. The van der Waals surface area contributed by atoms with Gasteiger partial charge in [-0.2, -0.15) is 5.10 Å². The van der Waals surface area contributed by atoms with Gasteiger partial charge in [0.2, 0.25) is 0 Å². The summed E-state index contributed by atoms with van der Waals surface area (Å²) in [4.78, 5) is 26.2. The number of aromatic nitrogens is 4. The highest BCUT2D eigenvalue weighted by atomic mass is 32.1. The van der Waals surface area contributed by atoms with E-state index in [9.17, 15) is 4.79 Å². The Morgan fingerprint density at radius 2 is 2.03 bits per heavy atom. The Morgan fingerprint density at radius 3 is 2.77 bits per heavy atom. The predicted octanol–water partition coefficient (Wildman–Crippen LogP) is 4.75. The first kappa shape index (κ1) is 18.0. The number of hydrogen-bond donors (Lipinski definition) is 0. The molecule has 0 spiro atoms. The third kappa shape index (κ3) is 2.91. The quantitative estimate of drug-likeness (QED) is 0.481. The molecular weight excluding hydrogens is 394 g/mol. The van der Waals surface area contributed by atoms with Gasteiger partial charge in [-0.15, -0.1) is 11.3 Å². The van der Waals surface area contributed by atoms with Crippen molar-refractivity contribution in [3.05, 3.63) is 41.0 Å². The van der Waals surface area contributed by atoms with E-state index < -0.39 is 0 Å². The lowest BCUT2D eigenvalue weighted by atomic mass is 9.92. The van der Waals surface area contributed by atoms with Crippen molar-refractivity contribution in [1.29, 1.82) is 0 Å². The molecule has 4 aromatic heterocycles. The number of carbonyl (C=O) groups is 1. The van der Waals surface area contributed by atoms with Crippen molar-refractivity contribution in [3.8, 4) is 11.3 Å². The molecule has 0 unspecified atom stereocenters. The maximum absolute atomic E-state index is 13.0. The average Bonchev–Trinajstić information content (AvgIpc) is 3.33. The normalized spacial score (nSPS) is 16.9. The summed E-state index contributed by atoms with van der Waals surface area (Å²) in [6.07, 6.45) is 9.70. The van der Waals surface area contributed by atoms with Gasteiger partial charge in [0.25, 0.3) is 5.91 Å². The molecule has 0 aliphatic heterocycles. The Balaban J connectivity index is 1.44. The molecule has 2 saturated carbocycles.